The molecule has 4 heterocycles. The normalized spacial score (nSPS) is 26.6. The Labute approximate surface area is 190 Å². The van der Waals surface area contributed by atoms with Gasteiger partial charge >= 0.3 is 0 Å². The zero-order valence-electron chi connectivity index (χ0n) is 18.1. The summed E-state index contributed by atoms with van der Waals surface area (Å²) in [5.74, 6) is -0.181. The Morgan fingerprint density at radius 3 is 2.45 bits per heavy atom. The van der Waals surface area contributed by atoms with E-state index >= 15 is 0 Å². The third-order valence-electron chi connectivity index (χ3n) is 8.11. The third kappa shape index (κ3) is 2.73. The van der Waals surface area contributed by atoms with Gasteiger partial charge < -0.3 is 9.64 Å². The summed E-state index contributed by atoms with van der Waals surface area (Å²) in [5.41, 5.74) is 2.72. The van der Waals surface area contributed by atoms with Gasteiger partial charge in [-0.05, 0) is 61.4 Å². The van der Waals surface area contributed by atoms with Crippen molar-refractivity contribution in [2.45, 2.75) is 49.0 Å². The predicted octanol–water partition coefficient (Wildman–Crippen LogP) is 4.15. The van der Waals surface area contributed by atoms with Crippen molar-refractivity contribution in [2.75, 3.05) is 24.6 Å². The van der Waals surface area contributed by atoms with Crippen LogP contribution in [0.5, 0.6) is 0 Å². The second-order valence-electron chi connectivity index (χ2n) is 9.87. The topological polar surface area (TPSA) is 64.0 Å². The van der Waals surface area contributed by atoms with Gasteiger partial charge in [-0.15, -0.1) is 5.10 Å². The van der Waals surface area contributed by atoms with E-state index in [-0.39, 0.29) is 22.3 Å². The van der Waals surface area contributed by atoms with Gasteiger partial charge in [-0.2, -0.15) is 5.10 Å². The summed E-state index contributed by atoms with van der Waals surface area (Å²) >= 11 is 0. The second kappa shape index (κ2) is 6.76. The molecule has 8 rings (SSSR count). The largest absolute Gasteiger partial charge is 0.371 e. The summed E-state index contributed by atoms with van der Waals surface area (Å²) in [7, 11) is 0. The number of benzene rings is 1. The minimum absolute atomic E-state index is 0.0109. The average Bonchev–Trinajstić information content (AvgIpc) is 2.78. The van der Waals surface area contributed by atoms with Gasteiger partial charge in [0.1, 0.15) is 17.2 Å². The van der Waals surface area contributed by atoms with Gasteiger partial charge in [0.15, 0.2) is 0 Å². The molecular weight excluding hydrogens is 424 g/mol. The van der Waals surface area contributed by atoms with Crippen LogP contribution in [0.15, 0.2) is 36.5 Å². The van der Waals surface area contributed by atoms with Crippen molar-refractivity contribution in [3.63, 3.8) is 0 Å². The number of rotatable bonds is 3. The van der Waals surface area contributed by atoms with E-state index in [1.165, 1.54) is 18.2 Å². The molecule has 2 aliphatic heterocycles. The maximum atomic E-state index is 14.4. The Bertz CT molecular complexity index is 1240. The summed E-state index contributed by atoms with van der Waals surface area (Å²) in [6.45, 7) is 2.51. The molecule has 3 aliphatic carbocycles. The maximum absolute atomic E-state index is 14.4. The fourth-order valence-corrected chi connectivity index (χ4v) is 6.19. The number of anilines is 1. The number of ether oxygens (including phenoxy) is 1. The number of aromatic nitrogens is 4. The highest BCUT2D eigenvalue weighted by molar-refractivity contribution is 5.62. The highest BCUT2D eigenvalue weighted by Gasteiger charge is 2.51. The van der Waals surface area contributed by atoms with E-state index in [2.05, 4.69) is 20.1 Å². The number of hydrogen-bond donors (Lipinski definition) is 0. The van der Waals surface area contributed by atoms with E-state index in [0.717, 1.165) is 74.7 Å². The van der Waals surface area contributed by atoms with Gasteiger partial charge in [-0.3, -0.25) is 0 Å². The molecule has 3 fully saturated rings. The van der Waals surface area contributed by atoms with Gasteiger partial charge in [-0.1, -0.05) is 6.07 Å². The minimum Gasteiger partial charge on any atom is -0.371 e. The smallest absolute Gasteiger partial charge is 0.225 e. The molecule has 1 saturated carbocycles. The zero-order valence-corrected chi connectivity index (χ0v) is 18.1. The molecule has 0 N–H and O–H groups in total. The van der Waals surface area contributed by atoms with Crippen LogP contribution in [0.3, 0.4) is 0 Å². The second-order valence-corrected chi connectivity index (χ2v) is 9.87. The van der Waals surface area contributed by atoms with E-state index < -0.39 is 11.6 Å². The summed E-state index contributed by atoms with van der Waals surface area (Å²) in [5, 5.41) is 8.88. The van der Waals surface area contributed by atoms with E-state index in [0.29, 0.717) is 5.92 Å². The Morgan fingerprint density at radius 2 is 1.76 bits per heavy atom. The first kappa shape index (κ1) is 19.5. The number of hydrogen-bond acceptors (Lipinski definition) is 6. The zero-order chi connectivity index (χ0) is 22.2. The van der Waals surface area contributed by atoms with Gasteiger partial charge in [0.2, 0.25) is 5.95 Å². The van der Waals surface area contributed by atoms with Crippen LogP contribution >= 0.6 is 0 Å². The SMILES string of the molecule is Fc1cccc(F)c1-c1cc2c(nn1)[C@]1(c3ccnc(N4CC5(CCO5)C4)n3)CC[C@H]2CC1. The van der Waals surface area contributed by atoms with Crippen LogP contribution in [0.1, 0.15) is 55.0 Å². The van der Waals surface area contributed by atoms with Gasteiger partial charge in [-0.25, -0.2) is 18.7 Å². The molecule has 168 valence electrons. The molecule has 0 atom stereocenters. The van der Waals surface area contributed by atoms with Crippen molar-refractivity contribution < 1.29 is 13.5 Å². The average molecular weight is 447 g/mol. The fraction of sp³-hybridized carbons (Fsp3) is 0.440. The molecule has 8 heteroatoms. The highest BCUT2D eigenvalue weighted by Crippen LogP contribution is 2.55. The van der Waals surface area contributed by atoms with Gasteiger partial charge in [0.25, 0.3) is 0 Å². The van der Waals surface area contributed by atoms with E-state index in [4.69, 9.17) is 9.72 Å². The lowest BCUT2D eigenvalue weighted by molar-refractivity contribution is -0.161. The van der Waals surface area contributed by atoms with E-state index in [9.17, 15) is 8.78 Å². The van der Waals surface area contributed by atoms with Crippen molar-refractivity contribution in [3.8, 4) is 11.3 Å². The fourth-order valence-electron chi connectivity index (χ4n) is 6.19. The van der Waals surface area contributed by atoms with Crippen LogP contribution in [-0.4, -0.2) is 45.5 Å². The summed E-state index contributed by atoms with van der Waals surface area (Å²) in [6.07, 6.45) is 6.81. The first-order chi connectivity index (χ1) is 16.1. The van der Waals surface area contributed by atoms with E-state index in [1.54, 1.807) is 0 Å². The lowest BCUT2D eigenvalue weighted by Crippen LogP contribution is -2.68. The quantitative estimate of drug-likeness (QED) is 0.601. The Hall–Kier alpha value is -3.00. The molecule has 2 saturated heterocycles. The molecule has 1 aromatic carbocycles. The van der Waals surface area contributed by atoms with Crippen LogP contribution in [0.2, 0.25) is 0 Å². The Morgan fingerprint density at radius 1 is 1.00 bits per heavy atom. The molecule has 1 spiro atoms. The van der Waals surface area contributed by atoms with Gasteiger partial charge in [0.05, 0.1) is 47.8 Å². The van der Waals surface area contributed by atoms with Crippen LogP contribution < -0.4 is 4.90 Å². The Kier molecular flexibility index (Phi) is 3.99. The predicted molar refractivity (Wildman–Crippen MR) is 117 cm³/mol. The van der Waals surface area contributed by atoms with Crippen LogP contribution in [-0.2, 0) is 10.2 Å². The maximum Gasteiger partial charge on any atom is 0.225 e. The summed E-state index contributed by atoms with van der Waals surface area (Å²) < 4.78 is 34.5. The van der Waals surface area contributed by atoms with Crippen molar-refractivity contribution in [1.82, 2.24) is 20.2 Å². The molecule has 0 radical (unpaired) electrons. The number of fused-ring (bicyclic) bond motifs is 2. The number of halogens is 2. The standard InChI is InChI=1S/C25H23F2N5O/c26-17-2-1-3-18(27)21(17)19-12-16-15-4-7-25(8-5-15,22(16)31-30-19)20-6-10-28-23(29-20)32-13-24(14-32)9-11-33-24/h1-3,6,10,12,15H,4-5,7-9,11,13-14H2/t15-,25+. The first-order valence-corrected chi connectivity index (χ1v) is 11.6. The molecule has 2 aromatic heterocycles. The molecule has 33 heavy (non-hydrogen) atoms. The monoisotopic (exact) mass is 447 g/mol. The first-order valence-electron chi connectivity index (χ1n) is 11.6. The third-order valence-corrected chi connectivity index (χ3v) is 8.11. The minimum atomic E-state index is -0.622. The molecule has 2 bridgehead atoms. The van der Waals surface area contributed by atoms with Crippen molar-refractivity contribution in [2.24, 2.45) is 0 Å². The van der Waals surface area contributed by atoms with Crippen LogP contribution in [0, 0.1) is 11.6 Å². The van der Waals surface area contributed by atoms with Crippen molar-refractivity contribution in [1.29, 1.82) is 0 Å². The van der Waals surface area contributed by atoms with Crippen molar-refractivity contribution in [3.05, 3.63) is 65.1 Å². The molecule has 6 nitrogen and oxygen atoms in total. The molecule has 0 amide bonds. The summed E-state index contributed by atoms with van der Waals surface area (Å²) in [4.78, 5) is 11.7. The van der Waals surface area contributed by atoms with Gasteiger partial charge in [0, 0.05) is 12.6 Å². The molecule has 0 unspecified atom stereocenters. The van der Waals surface area contributed by atoms with Crippen molar-refractivity contribution >= 4 is 5.95 Å². The Balaban J connectivity index is 1.28. The highest BCUT2D eigenvalue weighted by atomic mass is 19.1. The number of nitrogens with zero attached hydrogens (tertiary/aromatic N) is 5. The van der Waals surface area contributed by atoms with Crippen LogP contribution in [0.4, 0.5) is 14.7 Å². The molecule has 3 aromatic rings. The van der Waals surface area contributed by atoms with E-state index in [1.807, 2.05) is 18.3 Å². The molecular formula is C25H23F2N5O. The summed E-state index contributed by atoms with van der Waals surface area (Å²) in [6, 6.07) is 7.70. The lowest BCUT2D eigenvalue weighted by Gasteiger charge is -2.55. The molecule has 5 aliphatic rings. The lowest BCUT2D eigenvalue weighted by atomic mass is 9.58. The van der Waals surface area contributed by atoms with Crippen LogP contribution in [0.25, 0.3) is 11.3 Å².